The number of benzene rings is 1. The molecule has 4 heterocycles. The Bertz CT molecular complexity index is 1340. The van der Waals surface area contributed by atoms with Crippen LogP contribution >= 0.6 is 0 Å². The van der Waals surface area contributed by atoms with E-state index in [0.29, 0.717) is 29.9 Å². The second kappa shape index (κ2) is 9.26. The summed E-state index contributed by atoms with van der Waals surface area (Å²) in [5.41, 5.74) is 5.94. The maximum Gasteiger partial charge on any atom is 0.255 e. The molecule has 3 aliphatic heterocycles. The normalized spacial score (nSPS) is 34.0. The number of amides is 3. The fourth-order valence-electron chi connectivity index (χ4n) is 9.65. The number of hydrogen-bond acceptors (Lipinski definition) is 5. The third-order valence-electron chi connectivity index (χ3n) is 11.2. The van der Waals surface area contributed by atoms with Crippen molar-refractivity contribution in [3.63, 3.8) is 0 Å². The van der Waals surface area contributed by atoms with Crippen molar-refractivity contribution in [1.29, 1.82) is 0 Å². The minimum absolute atomic E-state index is 0.0988. The maximum atomic E-state index is 13.1. The number of nitrogens with one attached hydrogen (secondary N) is 2. The van der Waals surface area contributed by atoms with Crippen LogP contribution in [0.4, 0.5) is 0 Å². The van der Waals surface area contributed by atoms with E-state index in [9.17, 15) is 14.4 Å². The van der Waals surface area contributed by atoms with Crippen molar-refractivity contribution in [2.45, 2.75) is 94.7 Å². The lowest BCUT2D eigenvalue weighted by Crippen LogP contribution is -2.52. The smallest absolute Gasteiger partial charge is 0.255 e. The van der Waals surface area contributed by atoms with Gasteiger partial charge in [0, 0.05) is 36.2 Å². The zero-order valence-electron chi connectivity index (χ0n) is 23.2. The number of likely N-dealkylation sites (tertiary alicyclic amines) is 1. The SMILES string of the molecule is O=C1CCC(N2Cc3cc(C4CCN(Cc5cc(C67CC8CC(CC(C8)C6)C7)n[nH]5)CC4)ccc3C2=O)C(=O)N1. The molecule has 210 valence electrons. The molecule has 7 aliphatic rings. The van der Waals surface area contributed by atoms with E-state index < -0.39 is 6.04 Å². The summed E-state index contributed by atoms with van der Waals surface area (Å²) >= 11 is 0. The first-order valence-electron chi connectivity index (χ1n) is 15.5. The Morgan fingerprint density at radius 2 is 1.65 bits per heavy atom. The Morgan fingerprint density at radius 1 is 0.925 bits per heavy atom. The van der Waals surface area contributed by atoms with E-state index in [1.54, 1.807) is 4.90 Å². The van der Waals surface area contributed by atoms with Gasteiger partial charge in [-0.15, -0.1) is 0 Å². The summed E-state index contributed by atoms with van der Waals surface area (Å²) in [6.45, 7) is 3.48. The van der Waals surface area contributed by atoms with Crippen molar-refractivity contribution in [1.82, 2.24) is 25.3 Å². The van der Waals surface area contributed by atoms with Crippen molar-refractivity contribution in [3.05, 3.63) is 52.3 Å². The number of carbonyl (C=O) groups is 3. The van der Waals surface area contributed by atoms with Gasteiger partial charge >= 0.3 is 0 Å². The number of piperidine rings is 2. The third-order valence-corrected chi connectivity index (χ3v) is 11.2. The summed E-state index contributed by atoms with van der Waals surface area (Å²) in [6.07, 6.45) is 11.3. The molecule has 2 N–H and O–H groups in total. The number of imide groups is 1. The van der Waals surface area contributed by atoms with Crippen molar-refractivity contribution in [2.24, 2.45) is 17.8 Å². The molecule has 0 spiro atoms. The van der Waals surface area contributed by atoms with E-state index in [0.717, 1.165) is 55.8 Å². The molecule has 8 heteroatoms. The third kappa shape index (κ3) is 4.13. The highest BCUT2D eigenvalue weighted by Gasteiger charge is 2.52. The highest BCUT2D eigenvalue weighted by Crippen LogP contribution is 2.60. The van der Waals surface area contributed by atoms with Crippen LogP contribution in [-0.2, 0) is 28.1 Å². The molecule has 2 aromatic rings. The number of H-pyrrole nitrogens is 1. The standard InChI is InChI=1S/C32H39N5O3/c38-29-4-3-27(30(39)33-29)37-17-24-12-23(1-2-26(24)31(37)40)22-5-7-36(8-6-22)18-25-13-28(35-34-25)32-14-19-9-20(15-32)11-21(10-19)16-32/h1-2,12-13,19-22,27H,3-11,14-18H2,(H,34,35)(H,33,38,39). The number of carbonyl (C=O) groups excluding carboxylic acids is 3. The Morgan fingerprint density at radius 3 is 2.35 bits per heavy atom. The van der Waals surface area contributed by atoms with Crippen molar-refractivity contribution in [3.8, 4) is 0 Å². The van der Waals surface area contributed by atoms with Crippen LogP contribution in [-0.4, -0.2) is 56.9 Å². The topological polar surface area (TPSA) is 98.4 Å². The van der Waals surface area contributed by atoms with E-state index in [2.05, 4.69) is 33.5 Å². The first kappa shape index (κ1) is 24.8. The van der Waals surface area contributed by atoms with Crippen LogP contribution in [0.1, 0.15) is 103 Å². The Kier molecular flexibility index (Phi) is 5.74. The number of fused-ring (bicyclic) bond motifs is 1. The van der Waals surface area contributed by atoms with E-state index in [1.807, 2.05) is 6.07 Å². The molecule has 1 aromatic carbocycles. The molecule has 4 bridgehead atoms. The van der Waals surface area contributed by atoms with Gasteiger partial charge in [-0.25, -0.2) is 0 Å². The van der Waals surface area contributed by atoms with Crippen LogP contribution in [0.3, 0.4) is 0 Å². The van der Waals surface area contributed by atoms with Gasteiger partial charge in [0.05, 0.1) is 5.69 Å². The Balaban J connectivity index is 0.892. The molecule has 4 saturated carbocycles. The molecular formula is C32H39N5O3. The number of hydrogen-bond donors (Lipinski definition) is 2. The van der Waals surface area contributed by atoms with Crippen molar-refractivity contribution in [2.75, 3.05) is 13.1 Å². The summed E-state index contributed by atoms with van der Waals surface area (Å²) in [6, 6.07) is 8.08. The number of rotatable bonds is 5. The highest BCUT2D eigenvalue weighted by molar-refractivity contribution is 6.05. The summed E-state index contributed by atoms with van der Waals surface area (Å²) in [7, 11) is 0. The van der Waals surface area contributed by atoms with Gasteiger partial charge in [-0.2, -0.15) is 5.10 Å². The minimum atomic E-state index is -0.560. The van der Waals surface area contributed by atoms with Crippen molar-refractivity contribution >= 4 is 17.7 Å². The second-order valence-corrected chi connectivity index (χ2v) is 13.8. The molecule has 0 radical (unpaired) electrons. The summed E-state index contributed by atoms with van der Waals surface area (Å²) in [4.78, 5) is 41.2. The van der Waals surface area contributed by atoms with E-state index >= 15 is 0 Å². The molecular weight excluding hydrogens is 502 g/mol. The molecule has 3 amide bonds. The van der Waals surface area contributed by atoms with E-state index in [-0.39, 0.29) is 24.1 Å². The van der Waals surface area contributed by atoms with Gasteiger partial charge in [0.15, 0.2) is 0 Å². The lowest BCUT2D eigenvalue weighted by atomic mass is 9.49. The Hall–Kier alpha value is -3.00. The molecule has 1 atom stereocenters. The fourth-order valence-corrected chi connectivity index (χ4v) is 9.65. The van der Waals surface area contributed by atoms with Crippen LogP contribution in [0.25, 0.3) is 0 Å². The van der Waals surface area contributed by atoms with Gasteiger partial charge in [0.1, 0.15) is 6.04 Å². The van der Waals surface area contributed by atoms with Gasteiger partial charge in [0.2, 0.25) is 11.8 Å². The van der Waals surface area contributed by atoms with Gasteiger partial charge < -0.3 is 4.90 Å². The molecule has 4 aliphatic carbocycles. The van der Waals surface area contributed by atoms with Crippen LogP contribution in [0.15, 0.2) is 24.3 Å². The lowest BCUT2D eigenvalue weighted by Gasteiger charge is -2.56. The molecule has 6 fully saturated rings. The monoisotopic (exact) mass is 541 g/mol. The maximum absolute atomic E-state index is 13.1. The molecule has 40 heavy (non-hydrogen) atoms. The number of aromatic amines is 1. The van der Waals surface area contributed by atoms with E-state index in [4.69, 9.17) is 5.10 Å². The number of nitrogens with zero attached hydrogens (tertiary/aromatic N) is 3. The summed E-state index contributed by atoms with van der Waals surface area (Å²) in [5, 5.41) is 10.7. The summed E-state index contributed by atoms with van der Waals surface area (Å²) < 4.78 is 0. The second-order valence-electron chi connectivity index (χ2n) is 13.8. The Labute approximate surface area is 235 Å². The van der Waals surface area contributed by atoms with E-state index in [1.165, 1.54) is 55.5 Å². The van der Waals surface area contributed by atoms with Gasteiger partial charge in [-0.05, 0) is 118 Å². The van der Waals surface area contributed by atoms with Gasteiger partial charge in [-0.3, -0.25) is 29.7 Å². The van der Waals surface area contributed by atoms with Crippen LogP contribution in [0, 0.1) is 17.8 Å². The van der Waals surface area contributed by atoms with Gasteiger partial charge in [-0.1, -0.05) is 12.1 Å². The number of aromatic nitrogens is 2. The average Bonchev–Trinajstić information content (AvgIpc) is 3.53. The van der Waals surface area contributed by atoms with Gasteiger partial charge in [0.25, 0.3) is 5.91 Å². The summed E-state index contributed by atoms with van der Waals surface area (Å²) in [5.74, 6) is 2.57. The van der Waals surface area contributed by atoms with Crippen molar-refractivity contribution < 1.29 is 14.4 Å². The predicted octanol–water partition coefficient (Wildman–Crippen LogP) is 4.02. The fraction of sp³-hybridized carbons (Fsp3) is 0.625. The highest BCUT2D eigenvalue weighted by atomic mass is 16.2. The predicted molar refractivity (Wildman–Crippen MR) is 148 cm³/mol. The van der Waals surface area contributed by atoms with Crippen LogP contribution in [0.2, 0.25) is 0 Å². The first-order chi connectivity index (χ1) is 19.4. The zero-order chi connectivity index (χ0) is 27.0. The lowest BCUT2D eigenvalue weighted by molar-refractivity contribution is -0.136. The molecule has 1 unspecified atom stereocenters. The molecule has 9 rings (SSSR count). The largest absolute Gasteiger partial charge is 0.322 e. The van der Waals surface area contributed by atoms with Crippen LogP contribution in [0.5, 0.6) is 0 Å². The zero-order valence-corrected chi connectivity index (χ0v) is 23.2. The molecule has 2 saturated heterocycles. The first-order valence-corrected chi connectivity index (χ1v) is 15.5. The van der Waals surface area contributed by atoms with Crippen LogP contribution < -0.4 is 5.32 Å². The molecule has 8 nitrogen and oxygen atoms in total. The molecule has 1 aromatic heterocycles. The minimum Gasteiger partial charge on any atom is -0.322 e. The quantitative estimate of drug-likeness (QED) is 0.558. The average molecular weight is 542 g/mol.